The molecule has 4 rings (SSSR count). The van der Waals surface area contributed by atoms with Gasteiger partial charge in [-0.2, -0.15) is 0 Å². The molecule has 23 heavy (non-hydrogen) atoms. The van der Waals surface area contributed by atoms with Crippen LogP contribution in [0.25, 0.3) is 0 Å². The third-order valence-corrected chi connectivity index (χ3v) is 4.86. The topological polar surface area (TPSA) is 67.6 Å². The summed E-state index contributed by atoms with van der Waals surface area (Å²) in [6, 6.07) is 3.38. The molecule has 3 N–H and O–H groups in total. The van der Waals surface area contributed by atoms with Crippen molar-refractivity contribution in [1.82, 2.24) is 10.2 Å². The Hall–Kier alpha value is -0.880. The molecule has 3 saturated heterocycles. The number of nitrogens with two attached hydrogens (primary N) is 1. The number of rotatable bonds is 3. The number of halogens is 3. The van der Waals surface area contributed by atoms with Gasteiger partial charge in [-0.15, -0.1) is 24.8 Å². The normalized spacial score (nSPS) is 25.0. The second-order valence-corrected chi connectivity index (χ2v) is 6.20. The molecular formula is C15H22Cl3N3O2. The maximum absolute atomic E-state index is 12.5. The zero-order valence-electron chi connectivity index (χ0n) is 12.9. The number of carbonyl (C=O) groups is 1. The van der Waals surface area contributed by atoms with Crippen molar-refractivity contribution in [3.8, 4) is 5.75 Å². The second kappa shape index (κ2) is 8.29. The lowest BCUT2D eigenvalue weighted by Crippen LogP contribution is -2.57. The van der Waals surface area contributed by atoms with Gasteiger partial charge in [-0.25, -0.2) is 0 Å². The zero-order chi connectivity index (χ0) is 15.0. The molecule has 1 aromatic rings. The van der Waals surface area contributed by atoms with Crippen LogP contribution in [-0.2, 0) is 0 Å². The maximum Gasteiger partial charge on any atom is 0.255 e. The average Bonchev–Trinajstić information content (AvgIpc) is 2.50. The van der Waals surface area contributed by atoms with Crippen molar-refractivity contribution in [2.45, 2.75) is 18.9 Å². The van der Waals surface area contributed by atoms with Gasteiger partial charge in [0.05, 0.1) is 23.4 Å². The molecule has 1 unspecified atom stereocenters. The molecule has 0 radical (unpaired) electrons. The fourth-order valence-electron chi connectivity index (χ4n) is 3.29. The van der Waals surface area contributed by atoms with Gasteiger partial charge >= 0.3 is 0 Å². The molecule has 2 bridgehead atoms. The Morgan fingerprint density at radius 1 is 1.35 bits per heavy atom. The fourth-order valence-corrected chi connectivity index (χ4v) is 3.45. The fraction of sp³-hybridized carbons (Fsp3) is 0.533. The number of benzene rings is 1. The zero-order valence-corrected chi connectivity index (χ0v) is 15.3. The van der Waals surface area contributed by atoms with Crippen LogP contribution in [0.1, 0.15) is 23.2 Å². The number of fused-ring (bicyclic) bond motifs is 3. The predicted molar refractivity (Wildman–Crippen MR) is 97.3 cm³/mol. The molecule has 1 atom stereocenters. The molecule has 3 heterocycles. The second-order valence-electron chi connectivity index (χ2n) is 5.79. The number of nitrogens with zero attached hydrogens (tertiary/aromatic N) is 1. The molecule has 0 aliphatic carbocycles. The van der Waals surface area contributed by atoms with E-state index in [9.17, 15) is 4.79 Å². The molecular weight excluding hydrogens is 361 g/mol. The number of nitrogens with one attached hydrogen (secondary N) is 1. The number of nitrogen functional groups attached to an aromatic ring is 1. The minimum absolute atomic E-state index is 0. The Balaban J connectivity index is 0.00000132. The number of carbonyl (C=O) groups excluding carboxylic acids is 1. The van der Waals surface area contributed by atoms with E-state index in [0.717, 1.165) is 32.5 Å². The van der Waals surface area contributed by atoms with E-state index in [4.69, 9.17) is 22.1 Å². The van der Waals surface area contributed by atoms with Crippen LogP contribution in [0.5, 0.6) is 5.75 Å². The summed E-state index contributed by atoms with van der Waals surface area (Å²) >= 11 is 6.02. The number of hydrogen-bond donors (Lipinski definition) is 2. The quantitative estimate of drug-likeness (QED) is 0.789. The summed E-state index contributed by atoms with van der Waals surface area (Å²) in [7, 11) is 1.52. The van der Waals surface area contributed by atoms with Gasteiger partial charge in [0, 0.05) is 18.7 Å². The van der Waals surface area contributed by atoms with Crippen LogP contribution in [0.3, 0.4) is 0 Å². The van der Waals surface area contributed by atoms with Crippen LogP contribution in [0, 0.1) is 5.92 Å². The molecule has 8 heteroatoms. The minimum atomic E-state index is -0.146. The summed E-state index contributed by atoms with van der Waals surface area (Å²) < 4.78 is 5.24. The number of ether oxygens (including phenoxy) is 1. The van der Waals surface area contributed by atoms with Gasteiger partial charge in [0.2, 0.25) is 0 Å². The maximum atomic E-state index is 12.5. The highest BCUT2D eigenvalue weighted by Crippen LogP contribution is 2.31. The third-order valence-electron chi connectivity index (χ3n) is 4.54. The van der Waals surface area contributed by atoms with Gasteiger partial charge in [-0.1, -0.05) is 11.6 Å². The molecule has 0 saturated carbocycles. The van der Waals surface area contributed by atoms with Gasteiger partial charge in [0.15, 0.2) is 0 Å². The molecule has 0 spiro atoms. The Bertz CT molecular complexity index is 563. The van der Waals surface area contributed by atoms with Crippen molar-refractivity contribution in [3.05, 3.63) is 22.7 Å². The summed E-state index contributed by atoms with van der Waals surface area (Å²) in [6.07, 6.45) is 2.31. The smallest absolute Gasteiger partial charge is 0.255 e. The third kappa shape index (κ3) is 4.15. The first-order valence-corrected chi connectivity index (χ1v) is 7.62. The van der Waals surface area contributed by atoms with E-state index in [0.29, 0.717) is 27.9 Å². The number of amides is 1. The molecule has 3 aliphatic heterocycles. The van der Waals surface area contributed by atoms with Crippen LogP contribution in [-0.4, -0.2) is 43.6 Å². The van der Waals surface area contributed by atoms with Crippen molar-refractivity contribution < 1.29 is 9.53 Å². The van der Waals surface area contributed by atoms with Crippen LogP contribution >= 0.6 is 36.4 Å². The number of anilines is 1. The van der Waals surface area contributed by atoms with Gasteiger partial charge in [0.25, 0.3) is 5.91 Å². The molecule has 1 amide bonds. The monoisotopic (exact) mass is 381 g/mol. The van der Waals surface area contributed by atoms with Crippen LogP contribution in [0.15, 0.2) is 12.1 Å². The summed E-state index contributed by atoms with van der Waals surface area (Å²) in [4.78, 5) is 14.9. The van der Waals surface area contributed by atoms with Crippen LogP contribution in [0.4, 0.5) is 5.69 Å². The number of hydrogen-bond acceptors (Lipinski definition) is 4. The lowest BCUT2D eigenvalue weighted by atomic mass is 9.84. The molecule has 3 aliphatic rings. The largest absolute Gasteiger partial charge is 0.496 e. The van der Waals surface area contributed by atoms with Gasteiger partial charge < -0.3 is 20.7 Å². The lowest BCUT2D eigenvalue weighted by Gasteiger charge is -2.44. The van der Waals surface area contributed by atoms with Crippen molar-refractivity contribution in [2.24, 2.45) is 5.92 Å². The van der Waals surface area contributed by atoms with E-state index in [1.54, 1.807) is 12.1 Å². The lowest BCUT2D eigenvalue weighted by molar-refractivity contribution is 0.0619. The summed E-state index contributed by atoms with van der Waals surface area (Å²) in [5.41, 5.74) is 6.60. The number of methoxy groups -OCH3 is 1. The van der Waals surface area contributed by atoms with E-state index in [2.05, 4.69) is 10.2 Å². The van der Waals surface area contributed by atoms with Gasteiger partial charge in [-0.3, -0.25) is 4.79 Å². The first-order valence-electron chi connectivity index (χ1n) is 7.24. The highest BCUT2D eigenvalue weighted by molar-refractivity contribution is 6.33. The average molecular weight is 383 g/mol. The van der Waals surface area contributed by atoms with Gasteiger partial charge in [-0.05, 0) is 37.9 Å². The van der Waals surface area contributed by atoms with Crippen molar-refractivity contribution in [2.75, 3.05) is 32.5 Å². The molecule has 3 fully saturated rings. The Morgan fingerprint density at radius 2 is 2.00 bits per heavy atom. The van der Waals surface area contributed by atoms with E-state index < -0.39 is 0 Å². The molecule has 130 valence electrons. The van der Waals surface area contributed by atoms with E-state index in [1.807, 2.05) is 0 Å². The Morgan fingerprint density at radius 3 is 2.52 bits per heavy atom. The Labute approximate surface area is 153 Å². The van der Waals surface area contributed by atoms with E-state index >= 15 is 0 Å². The first kappa shape index (κ1) is 20.2. The van der Waals surface area contributed by atoms with Crippen LogP contribution < -0.4 is 15.8 Å². The summed E-state index contributed by atoms with van der Waals surface area (Å²) in [5, 5.41) is 3.50. The highest BCUT2D eigenvalue weighted by atomic mass is 35.5. The van der Waals surface area contributed by atoms with Crippen molar-refractivity contribution >= 4 is 48.0 Å². The summed E-state index contributed by atoms with van der Waals surface area (Å²) in [6.45, 7) is 3.23. The molecule has 1 aromatic carbocycles. The highest BCUT2D eigenvalue weighted by Gasteiger charge is 2.35. The Kier molecular flexibility index (Phi) is 7.27. The van der Waals surface area contributed by atoms with E-state index in [-0.39, 0.29) is 36.8 Å². The standard InChI is InChI=1S/C15H20ClN3O2.2ClH/c1-21-14-7-12(17)11(16)6-10(14)15(20)18-13-8-19-4-2-9(13)3-5-19;;/h6-7,9,13H,2-5,8,17H2,1H3,(H,18,20);2*1H. The van der Waals surface area contributed by atoms with Gasteiger partial charge in [0.1, 0.15) is 5.75 Å². The van der Waals surface area contributed by atoms with Crippen molar-refractivity contribution in [1.29, 1.82) is 0 Å². The minimum Gasteiger partial charge on any atom is -0.496 e. The number of piperidine rings is 3. The predicted octanol–water partition coefficient (Wildman–Crippen LogP) is 2.60. The SMILES string of the molecule is COc1cc(N)c(Cl)cc1C(=O)NC1CN2CCC1CC2.Cl.Cl. The molecule has 5 nitrogen and oxygen atoms in total. The molecule has 0 aromatic heterocycles. The van der Waals surface area contributed by atoms with E-state index in [1.165, 1.54) is 7.11 Å². The van der Waals surface area contributed by atoms with Crippen molar-refractivity contribution in [3.63, 3.8) is 0 Å². The summed E-state index contributed by atoms with van der Waals surface area (Å²) in [5.74, 6) is 0.886. The first-order chi connectivity index (χ1) is 10.1. The van der Waals surface area contributed by atoms with Crippen LogP contribution in [0.2, 0.25) is 5.02 Å².